The molecule has 6 heteroatoms. The van der Waals surface area contributed by atoms with E-state index >= 15 is 0 Å². The number of benzene rings is 1. The van der Waals surface area contributed by atoms with Gasteiger partial charge in [0.1, 0.15) is 0 Å². The van der Waals surface area contributed by atoms with Gasteiger partial charge in [-0.05, 0) is 12.8 Å². The number of aromatic hydroxyl groups is 1. The van der Waals surface area contributed by atoms with Gasteiger partial charge in [-0.25, -0.2) is 4.39 Å². The fraction of sp³-hybridized carbons (Fsp3) is 0.417. The number of fused-ring (bicyclic) bond motifs is 1. The second-order valence-corrected chi connectivity index (χ2v) is 4.67. The van der Waals surface area contributed by atoms with E-state index in [0.717, 1.165) is 6.07 Å². The quantitative estimate of drug-likeness (QED) is 0.859. The highest BCUT2D eigenvalue weighted by Crippen LogP contribution is 2.58. The lowest BCUT2D eigenvalue weighted by atomic mass is 9.90. The maximum atomic E-state index is 14.1. The largest absolute Gasteiger partial charge is 0.505 e. The van der Waals surface area contributed by atoms with Gasteiger partial charge in [0.25, 0.3) is 0 Å². The first-order valence-electron chi connectivity index (χ1n) is 5.57. The average Bonchev–Trinajstić information content (AvgIpc) is 2.88. The molecule has 0 saturated heterocycles. The molecule has 5 nitrogen and oxygen atoms in total. The number of rotatable bonds is 3. The summed E-state index contributed by atoms with van der Waals surface area (Å²) >= 11 is 0. The van der Waals surface area contributed by atoms with Gasteiger partial charge in [0.15, 0.2) is 23.1 Å². The molecule has 96 valence electrons. The van der Waals surface area contributed by atoms with Gasteiger partial charge in [0.2, 0.25) is 6.79 Å². The van der Waals surface area contributed by atoms with Crippen molar-refractivity contribution < 1.29 is 28.9 Å². The van der Waals surface area contributed by atoms with Gasteiger partial charge in [-0.3, -0.25) is 4.79 Å². The van der Waals surface area contributed by atoms with Crippen LogP contribution in [0.25, 0.3) is 0 Å². The molecule has 1 aliphatic heterocycles. The van der Waals surface area contributed by atoms with E-state index in [1.54, 1.807) is 0 Å². The summed E-state index contributed by atoms with van der Waals surface area (Å²) in [4.78, 5) is 10.9. The summed E-state index contributed by atoms with van der Waals surface area (Å²) in [7, 11) is 0. The van der Waals surface area contributed by atoms with E-state index in [2.05, 4.69) is 0 Å². The molecule has 1 saturated carbocycles. The van der Waals surface area contributed by atoms with E-state index in [4.69, 9.17) is 14.6 Å². The zero-order valence-electron chi connectivity index (χ0n) is 9.40. The fourth-order valence-corrected chi connectivity index (χ4v) is 2.44. The van der Waals surface area contributed by atoms with Crippen molar-refractivity contribution in [3.63, 3.8) is 0 Å². The number of carbonyl (C=O) groups is 1. The Hall–Kier alpha value is -1.98. The first-order valence-corrected chi connectivity index (χ1v) is 5.57. The van der Waals surface area contributed by atoms with Gasteiger partial charge in [-0.2, -0.15) is 0 Å². The molecule has 1 aromatic carbocycles. The number of phenols is 1. The molecule has 1 fully saturated rings. The van der Waals surface area contributed by atoms with Crippen LogP contribution < -0.4 is 9.47 Å². The molecule has 1 heterocycles. The van der Waals surface area contributed by atoms with Crippen LogP contribution >= 0.6 is 0 Å². The van der Waals surface area contributed by atoms with Gasteiger partial charge in [0.05, 0.1) is 6.42 Å². The van der Waals surface area contributed by atoms with Crippen LogP contribution in [0.15, 0.2) is 6.07 Å². The molecule has 0 bridgehead atoms. The fourth-order valence-electron chi connectivity index (χ4n) is 2.44. The monoisotopic (exact) mass is 254 g/mol. The molecule has 2 N–H and O–H groups in total. The minimum Gasteiger partial charge on any atom is -0.505 e. The van der Waals surface area contributed by atoms with E-state index in [-0.39, 0.29) is 30.3 Å². The predicted molar refractivity (Wildman–Crippen MR) is 57.4 cm³/mol. The third kappa shape index (κ3) is 1.48. The Morgan fingerprint density at radius 2 is 2.17 bits per heavy atom. The first-order chi connectivity index (χ1) is 8.53. The third-order valence-electron chi connectivity index (χ3n) is 3.45. The van der Waals surface area contributed by atoms with Crippen molar-refractivity contribution in [1.29, 1.82) is 0 Å². The summed E-state index contributed by atoms with van der Waals surface area (Å²) in [5, 5.41) is 18.4. The highest BCUT2D eigenvalue weighted by atomic mass is 19.1. The molecule has 0 radical (unpaired) electrons. The van der Waals surface area contributed by atoms with E-state index < -0.39 is 23.0 Å². The minimum atomic E-state index is -0.997. The van der Waals surface area contributed by atoms with Crippen molar-refractivity contribution in [2.45, 2.75) is 24.7 Å². The number of phenolic OH excluding ortho intramolecular Hbond substituents is 1. The van der Waals surface area contributed by atoms with Crippen LogP contribution in [-0.2, 0) is 10.2 Å². The summed E-state index contributed by atoms with van der Waals surface area (Å²) in [5.74, 6) is -1.85. The van der Waals surface area contributed by atoms with Crippen molar-refractivity contribution in [2.24, 2.45) is 0 Å². The molecule has 1 aliphatic carbocycles. The van der Waals surface area contributed by atoms with Crippen LogP contribution in [0.2, 0.25) is 0 Å². The van der Waals surface area contributed by atoms with Crippen molar-refractivity contribution in [3.05, 3.63) is 17.4 Å². The number of hydrogen-bond donors (Lipinski definition) is 2. The standard InChI is InChI=1S/C12H11FO5/c13-10-6(14)3-7-11(18-5-17-7)9(10)12(1-2-12)4-8(15)16/h3,14H,1-2,4-5H2,(H,15,16). The van der Waals surface area contributed by atoms with E-state index in [9.17, 15) is 14.3 Å². The predicted octanol–water partition coefficient (Wildman–Crippen LogP) is 1.77. The Morgan fingerprint density at radius 3 is 2.78 bits per heavy atom. The lowest BCUT2D eigenvalue weighted by molar-refractivity contribution is -0.137. The molecular weight excluding hydrogens is 243 g/mol. The molecule has 18 heavy (non-hydrogen) atoms. The highest BCUT2D eigenvalue weighted by molar-refractivity contribution is 5.71. The second kappa shape index (κ2) is 3.51. The molecule has 2 aliphatic rings. The number of hydrogen-bond acceptors (Lipinski definition) is 4. The lowest BCUT2D eigenvalue weighted by Gasteiger charge is -2.17. The Kier molecular flexibility index (Phi) is 2.17. The van der Waals surface area contributed by atoms with Gasteiger partial charge >= 0.3 is 5.97 Å². The van der Waals surface area contributed by atoms with Crippen molar-refractivity contribution >= 4 is 5.97 Å². The lowest BCUT2D eigenvalue weighted by Crippen LogP contribution is -2.15. The van der Waals surface area contributed by atoms with Gasteiger partial charge in [-0.15, -0.1) is 0 Å². The van der Waals surface area contributed by atoms with Crippen molar-refractivity contribution in [3.8, 4) is 17.2 Å². The topological polar surface area (TPSA) is 76.0 Å². The maximum Gasteiger partial charge on any atom is 0.304 e. The number of carboxylic acids is 1. The van der Waals surface area contributed by atoms with E-state index in [1.165, 1.54) is 0 Å². The molecule has 0 unspecified atom stereocenters. The van der Waals surface area contributed by atoms with Crippen LogP contribution in [0.1, 0.15) is 24.8 Å². The minimum absolute atomic E-state index is 0.0472. The van der Waals surface area contributed by atoms with E-state index in [0.29, 0.717) is 12.8 Å². The number of aliphatic carboxylic acids is 1. The van der Waals surface area contributed by atoms with Crippen LogP contribution in [0.4, 0.5) is 4.39 Å². The Balaban J connectivity index is 2.14. The third-order valence-corrected chi connectivity index (χ3v) is 3.45. The summed E-state index contributed by atoms with van der Waals surface area (Å²) in [5.41, 5.74) is -0.635. The maximum absolute atomic E-state index is 14.1. The van der Waals surface area contributed by atoms with Crippen LogP contribution in [0.5, 0.6) is 17.2 Å². The van der Waals surface area contributed by atoms with Crippen molar-refractivity contribution in [1.82, 2.24) is 0 Å². The van der Waals surface area contributed by atoms with Gasteiger partial charge in [-0.1, -0.05) is 0 Å². The molecule has 0 atom stereocenters. The van der Waals surface area contributed by atoms with Crippen molar-refractivity contribution in [2.75, 3.05) is 6.79 Å². The molecule has 0 amide bonds. The number of ether oxygens (including phenoxy) is 2. The van der Waals surface area contributed by atoms with E-state index in [1.807, 2.05) is 0 Å². The Labute approximate surface area is 102 Å². The Morgan fingerprint density at radius 1 is 1.44 bits per heavy atom. The zero-order valence-corrected chi connectivity index (χ0v) is 9.40. The number of carboxylic acid groups (broad SMARTS) is 1. The molecule has 3 rings (SSSR count). The molecular formula is C12H11FO5. The first kappa shape index (κ1) is 11.1. The van der Waals surface area contributed by atoms with Crippen LogP contribution in [-0.4, -0.2) is 23.0 Å². The second-order valence-electron chi connectivity index (χ2n) is 4.67. The smallest absolute Gasteiger partial charge is 0.304 e. The molecule has 1 aromatic rings. The van der Waals surface area contributed by atoms with Gasteiger partial charge < -0.3 is 19.7 Å². The summed E-state index contributed by atoms with van der Waals surface area (Å²) in [6.07, 6.45) is 0.952. The van der Waals surface area contributed by atoms with Crippen LogP contribution in [0, 0.1) is 5.82 Å². The summed E-state index contributed by atoms with van der Waals surface area (Å²) in [6.45, 7) is -0.0472. The van der Waals surface area contributed by atoms with Gasteiger partial charge in [0, 0.05) is 17.0 Å². The normalized spacial score (nSPS) is 18.7. The average molecular weight is 254 g/mol. The SMILES string of the molecule is O=C(O)CC1(c2c(F)c(O)cc3c2OCO3)CC1. The summed E-state index contributed by atoms with van der Waals surface area (Å²) < 4.78 is 24.4. The van der Waals surface area contributed by atoms with Crippen LogP contribution in [0.3, 0.4) is 0 Å². The Bertz CT molecular complexity index is 536. The zero-order chi connectivity index (χ0) is 12.9. The summed E-state index contributed by atoms with van der Waals surface area (Å²) in [6, 6.07) is 1.15. The number of halogens is 1. The molecule has 0 spiro atoms. The highest BCUT2D eigenvalue weighted by Gasteiger charge is 2.51. The molecule has 0 aromatic heterocycles.